The Morgan fingerprint density at radius 3 is 2.42 bits per heavy atom. The summed E-state index contributed by atoms with van der Waals surface area (Å²) >= 11 is 0. The zero-order valence-corrected chi connectivity index (χ0v) is 11.9. The molecule has 0 fully saturated rings. The number of carboxylic acids is 1. The average molecular weight is 263 g/mol. The van der Waals surface area contributed by atoms with E-state index < -0.39 is 12.0 Å². The number of aryl methyl sites for hydroxylation is 1. The molecular weight excluding hydrogens is 242 g/mol. The molecule has 104 valence electrons. The van der Waals surface area contributed by atoms with E-state index in [1.807, 2.05) is 33.8 Å². The van der Waals surface area contributed by atoms with Crippen molar-refractivity contribution in [3.05, 3.63) is 34.9 Å². The smallest absolute Gasteiger partial charge is 0.326 e. The third-order valence-corrected chi connectivity index (χ3v) is 3.16. The SMILES string of the molecule is Cc1cccc(C(=O)NC(CC(C)C)C(=O)O)c1C. The van der Waals surface area contributed by atoms with E-state index in [1.54, 1.807) is 12.1 Å². The minimum atomic E-state index is -0.993. The van der Waals surface area contributed by atoms with Gasteiger partial charge in [0.15, 0.2) is 0 Å². The van der Waals surface area contributed by atoms with Crippen molar-refractivity contribution in [2.45, 2.75) is 40.2 Å². The van der Waals surface area contributed by atoms with E-state index in [0.29, 0.717) is 12.0 Å². The summed E-state index contributed by atoms with van der Waals surface area (Å²) in [6, 6.07) is 4.60. The normalized spacial score (nSPS) is 12.3. The number of nitrogens with one attached hydrogen (secondary N) is 1. The van der Waals surface area contributed by atoms with Crippen LogP contribution < -0.4 is 5.32 Å². The van der Waals surface area contributed by atoms with Crippen molar-refractivity contribution in [3.63, 3.8) is 0 Å². The van der Waals surface area contributed by atoms with Crippen LogP contribution in [0.5, 0.6) is 0 Å². The minimum absolute atomic E-state index is 0.208. The second-order valence-corrected chi connectivity index (χ2v) is 5.24. The molecule has 0 aromatic heterocycles. The molecule has 19 heavy (non-hydrogen) atoms. The maximum atomic E-state index is 12.1. The van der Waals surface area contributed by atoms with Gasteiger partial charge in [-0.25, -0.2) is 4.79 Å². The number of aliphatic carboxylic acids is 1. The third-order valence-electron chi connectivity index (χ3n) is 3.16. The highest BCUT2D eigenvalue weighted by Crippen LogP contribution is 2.13. The monoisotopic (exact) mass is 263 g/mol. The highest BCUT2D eigenvalue weighted by molar-refractivity contribution is 5.98. The summed E-state index contributed by atoms with van der Waals surface area (Å²) in [5.74, 6) is -1.11. The number of carbonyl (C=O) groups excluding carboxylic acids is 1. The number of amides is 1. The molecule has 1 unspecified atom stereocenters. The summed E-state index contributed by atoms with van der Waals surface area (Å²) < 4.78 is 0. The van der Waals surface area contributed by atoms with Gasteiger partial charge in [0.2, 0.25) is 0 Å². The zero-order chi connectivity index (χ0) is 14.6. The molecular formula is C15H21NO3. The Morgan fingerprint density at radius 1 is 1.26 bits per heavy atom. The Balaban J connectivity index is 2.88. The number of carbonyl (C=O) groups is 2. The molecule has 0 bridgehead atoms. The lowest BCUT2D eigenvalue weighted by molar-refractivity contribution is -0.139. The fourth-order valence-electron chi connectivity index (χ4n) is 1.93. The Hall–Kier alpha value is -1.84. The molecule has 0 saturated heterocycles. The molecule has 4 nitrogen and oxygen atoms in total. The van der Waals surface area contributed by atoms with Crippen LogP contribution in [0.25, 0.3) is 0 Å². The topological polar surface area (TPSA) is 66.4 Å². The maximum Gasteiger partial charge on any atom is 0.326 e. The molecule has 0 saturated carbocycles. The van der Waals surface area contributed by atoms with Crippen LogP contribution in [0.3, 0.4) is 0 Å². The summed E-state index contributed by atoms with van der Waals surface area (Å²) in [5, 5.41) is 11.7. The molecule has 1 amide bonds. The number of benzene rings is 1. The molecule has 1 atom stereocenters. The molecule has 1 aromatic rings. The van der Waals surface area contributed by atoms with Crippen LogP contribution in [-0.2, 0) is 4.79 Å². The van der Waals surface area contributed by atoms with Crippen LogP contribution in [-0.4, -0.2) is 23.0 Å². The fraction of sp³-hybridized carbons (Fsp3) is 0.467. The van der Waals surface area contributed by atoms with E-state index in [1.165, 1.54) is 0 Å². The van der Waals surface area contributed by atoms with E-state index in [-0.39, 0.29) is 11.8 Å². The Labute approximate surface area is 113 Å². The first-order valence-electron chi connectivity index (χ1n) is 6.42. The Kier molecular flexibility index (Phi) is 5.10. The Bertz CT molecular complexity index is 480. The van der Waals surface area contributed by atoms with Crippen molar-refractivity contribution >= 4 is 11.9 Å². The number of carboxylic acid groups (broad SMARTS) is 1. The van der Waals surface area contributed by atoms with Crippen molar-refractivity contribution < 1.29 is 14.7 Å². The van der Waals surface area contributed by atoms with Gasteiger partial charge in [0.05, 0.1) is 0 Å². The van der Waals surface area contributed by atoms with Gasteiger partial charge in [-0.1, -0.05) is 26.0 Å². The van der Waals surface area contributed by atoms with Crippen molar-refractivity contribution in [2.24, 2.45) is 5.92 Å². The minimum Gasteiger partial charge on any atom is -0.480 e. The first-order valence-corrected chi connectivity index (χ1v) is 6.42. The van der Waals surface area contributed by atoms with E-state index >= 15 is 0 Å². The Morgan fingerprint density at radius 2 is 1.89 bits per heavy atom. The van der Waals surface area contributed by atoms with Gasteiger partial charge in [-0.2, -0.15) is 0 Å². The lowest BCUT2D eigenvalue weighted by Crippen LogP contribution is -2.41. The molecule has 2 N–H and O–H groups in total. The van der Waals surface area contributed by atoms with E-state index in [4.69, 9.17) is 5.11 Å². The third kappa shape index (κ3) is 4.09. The first kappa shape index (κ1) is 15.2. The quantitative estimate of drug-likeness (QED) is 0.858. The van der Waals surface area contributed by atoms with Crippen molar-refractivity contribution in [2.75, 3.05) is 0 Å². The number of hydrogen-bond donors (Lipinski definition) is 2. The number of rotatable bonds is 5. The van der Waals surface area contributed by atoms with Crippen LogP contribution in [0, 0.1) is 19.8 Å². The van der Waals surface area contributed by atoms with Gasteiger partial charge >= 0.3 is 5.97 Å². The highest BCUT2D eigenvalue weighted by atomic mass is 16.4. The van der Waals surface area contributed by atoms with Gasteiger partial charge in [-0.05, 0) is 43.4 Å². The summed E-state index contributed by atoms with van der Waals surface area (Å²) in [6.07, 6.45) is 0.423. The predicted octanol–water partition coefficient (Wildman–Crippen LogP) is 2.53. The van der Waals surface area contributed by atoms with E-state index in [0.717, 1.165) is 11.1 Å². The van der Waals surface area contributed by atoms with Crippen molar-refractivity contribution in [1.29, 1.82) is 0 Å². The summed E-state index contributed by atoms with van der Waals surface area (Å²) in [7, 11) is 0. The summed E-state index contributed by atoms with van der Waals surface area (Å²) in [5.41, 5.74) is 2.44. The lowest BCUT2D eigenvalue weighted by Gasteiger charge is -2.17. The molecule has 0 aliphatic carbocycles. The van der Waals surface area contributed by atoms with Crippen LogP contribution in [0.4, 0.5) is 0 Å². The zero-order valence-electron chi connectivity index (χ0n) is 11.9. The number of hydrogen-bond acceptors (Lipinski definition) is 2. The van der Waals surface area contributed by atoms with Gasteiger partial charge in [0.25, 0.3) is 5.91 Å². The van der Waals surface area contributed by atoms with Gasteiger partial charge < -0.3 is 10.4 Å². The second-order valence-electron chi connectivity index (χ2n) is 5.24. The van der Waals surface area contributed by atoms with E-state index in [2.05, 4.69) is 5.32 Å². The maximum absolute atomic E-state index is 12.1. The second kappa shape index (κ2) is 6.36. The van der Waals surface area contributed by atoms with Crippen LogP contribution in [0.15, 0.2) is 18.2 Å². The van der Waals surface area contributed by atoms with Gasteiger partial charge in [0, 0.05) is 5.56 Å². The predicted molar refractivity (Wildman–Crippen MR) is 74.3 cm³/mol. The lowest BCUT2D eigenvalue weighted by atomic mass is 10.0. The van der Waals surface area contributed by atoms with Crippen molar-refractivity contribution in [3.8, 4) is 0 Å². The first-order chi connectivity index (χ1) is 8.82. The van der Waals surface area contributed by atoms with Crippen LogP contribution in [0.1, 0.15) is 41.8 Å². The van der Waals surface area contributed by atoms with Gasteiger partial charge in [0.1, 0.15) is 6.04 Å². The molecule has 4 heteroatoms. The molecule has 0 aliphatic heterocycles. The van der Waals surface area contributed by atoms with Crippen LogP contribution >= 0.6 is 0 Å². The molecule has 0 radical (unpaired) electrons. The fourth-order valence-corrected chi connectivity index (χ4v) is 1.93. The summed E-state index contributed by atoms with van der Waals surface area (Å²) in [4.78, 5) is 23.3. The molecule has 0 spiro atoms. The summed E-state index contributed by atoms with van der Waals surface area (Å²) in [6.45, 7) is 7.65. The van der Waals surface area contributed by atoms with Gasteiger partial charge in [-0.15, -0.1) is 0 Å². The highest BCUT2D eigenvalue weighted by Gasteiger charge is 2.22. The largest absolute Gasteiger partial charge is 0.480 e. The van der Waals surface area contributed by atoms with Gasteiger partial charge in [-0.3, -0.25) is 4.79 Å². The van der Waals surface area contributed by atoms with E-state index in [9.17, 15) is 9.59 Å². The molecule has 0 aliphatic rings. The van der Waals surface area contributed by atoms with Crippen molar-refractivity contribution in [1.82, 2.24) is 5.32 Å². The molecule has 1 rings (SSSR count). The van der Waals surface area contributed by atoms with Crippen LogP contribution in [0.2, 0.25) is 0 Å². The molecule has 0 heterocycles. The standard InChI is InChI=1S/C15H21NO3/c1-9(2)8-13(15(18)19)16-14(17)12-7-5-6-10(3)11(12)4/h5-7,9,13H,8H2,1-4H3,(H,16,17)(H,18,19). The average Bonchev–Trinajstić information content (AvgIpc) is 2.31. The molecule has 1 aromatic carbocycles.